The zero-order valence-corrected chi connectivity index (χ0v) is 13.6. The Bertz CT molecular complexity index is 1070. The van der Waals surface area contributed by atoms with Gasteiger partial charge in [0, 0.05) is 10.9 Å². The SMILES string of the molecule is O=C(NO)c1ccc(Cn2nnc(-c3ccc4ccccc4n3)n2)cc1. The summed E-state index contributed by atoms with van der Waals surface area (Å²) in [7, 11) is 0. The summed E-state index contributed by atoms with van der Waals surface area (Å²) in [6, 6.07) is 18.4. The number of aromatic nitrogens is 5. The van der Waals surface area contributed by atoms with Gasteiger partial charge < -0.3 is 0 Å². The molecule has 0 radical (unpaired) electrons. The monoisotopic (exact) mass is 346 g/mol. The molecular weight excluding hydrogens is 332 g/mol. The molecule has 8 nitrogen and oxygen atoms in total. The highest BCUT2D eigenvalue weighted by molar-refractivity contribution is 5.93. The van der Waals surface area contributed by atoms with E-state index in [0.717, 1.165) is 16.5 Å². The number of hydrogen-bond acceptors (Lipinski definition) is 6. The van der Waals surface area contributed by atoms with E-state index in [-0.39, 0.29) is 0 Å². The van der Waals surface area contributed by atoms with Crippen LogP contribution in [0.15, 0.2) is 60.7 Å². The van der Waals surface area contributed by atoms with E-state index >= 15 is 0 Å². The highest BCUT2D eigenvalue weighted by Gasteiger charge is 2.09. The number of benzene rings is 2. The molecule has 1 amide bonds. The summed E-state index contributed by atoms with van der Waals surface area (Å²) in [5, 5.41) is 22.2. The van der Waals surface area contributed by atoms with Gasteiger partial charge in [-0.2, -0.15) is 4.80 Å². The Balaban J connectivity index is 1.54. The number of rotatable bonds is 4. The first-order valence-corrected chi connectivity index (χ1v) is 7.90. The number of para-hydroxylation sites is 1. The molecule has 4 rings (SSSR count). The van der Waals surface area contributed by atoms with Gasteiger partial charge in [0.2, 0.25) is 5.82 Å². The maximum Gasteiger partial charge on any atom is 0.274 e. The van der Waals surface area contributed by atoms with Gasteiger partial charge in [-0.1, -0.05) is 36.4 Å². The fourth-order valence-corrected chi connectivity index (χ4v) is 2.59. The third-order valence-corrected chi connectivity index (χ3v) is 3.92. The smallest absolute Gasteiger partial charge is 0.274 e. The van der Waals surface area contributed by atoms with E-state index in [2.05, 4.69) is 20.4 Å². The first-order chi connectivity index (χ1) is 12.7. The van der Waals surface area contributed by atoms with E-state index in [4.69, 9.17) is 5.21 Å². The van der Waals surface area contributed by atoms with Crippen LogP contribution in [0.5, 0.6) is 0 Å². The number of fused-ring (bicyclic) bond motifs is 1. The number of carbonyl (C=O) groups excluding carboxylic acids is 1. The molecule has 0 bridgehead atoms. The van der Waals surface area contributed by atoms with Crippen molar-refractivity contribution < 1.29 is 10.0 Å². The van der Waals surface area contributed by atoms with Crippen LogP contribution < -0.4 is 5.48 Å². The molecule has 0 spiro atoms. The van der Waals surface area contributed by atoms with Gasteiger partial charge in [-0.05, 0) is 35.0 Å². The second-order valence-corrected chi connectivity index (χ2v) is 5.67. The first-order valence-electron chi connectivity index (χ1n) is 7.90. The third kappa shape index (κ3) is 3.13. The van der Waals surface area contributed by atoms with Gasteiger partial charge in [-0.15, -0.1) is 10.2 Å². The Morgan fingerprint density at radius 1 is 1.04 bits per heavy atom. The van der Waals surface area contributed by atoms with Crippen LogP contribution >= 0.6 is 0 Å². The Morgan fingerprint density at radius 3 is 2.65 bits per heavy atom. The molecule has 0 fully saturated rings. The standard InChI is InChI=1S/C18H14N6O2/c25-18(22-26)14-7-5-12(6-8-14)11-24-21-17(20-23-24)16-10-9-13-3-1-2-4-15(13)19-16/h1-10,26H,11H2,(H,22,25). The zero-order valence-electron chi connectivity index (χ0n) is 13.6. The van der Waals surface area contributed by atoms with Crippen LogP contribution in [0, 0.1) is 0 Å². The molecule has 0 aliphatic carbocycles. The van der Waals surface area contributed by atoms with Crippen molar-refractivity contribution in [1.82, 2.24) is 30.7 Å². The second-order valence-electron chi connectivity index (χ2n) is 5.67. The van der Waals surface area contributed by atoms with Crippen LogP contribution in [-0.2, 0) is 6.54 Å². The summed E-state index contributed by atoms with van der Waals surface area (Å²) >= 11 is 0. The molecule has 2 N–H and O–H groups in total. The summed E-state index contributed by atoms with van der Waals surface area (Å²) in [4.78, 5) is 17.4. The normalized spacial score (nSPS) is 10.8. The molecule has 4 aromatic rings. The number of hydroxylamine groups is 1. The molecule has 0 aliphatic rings. The number of amides is 1. The predicted molar refractivity (Wildman–Crippen MR) is 93.4 cm³/mol. The number of hydrogen-bond donors (Lipinski definition) is 2. The van der Waals surface area contributed by atoms with E-state index in [1.54, 1.807) is 29.7 Å². The summed E-state index contributed by atoms with van der Waals surface area (Å²) in [5.74, 6) is -0.105. The lowest BCUT2D eigenvalue weighted by atomic mass is 10.1. The molecule has 128 valence electrons. The lowest BCUT2D eigenvalue weighted by molar-refractivity contribution is 0.0706. The van der Waals surface area contributed by atoms with Gasteiger partial charge in [-0.3, -0.25) is 10.0 Å². The highest BCUT2D eigenvalue weighted by atomic mass is 16.5. The van der Waals surface area contributed by atoms with Gasteiger partial charge in [0.15, 0.2) is 0 Å². The molecule has 2 heterocycles. The van der Waals surface area contributed by atoms with E-state index < -0.39 is 5.91 Å². The summed E-state index contributed by atoms with van der Waals surface area (Å²) in [5.41, 5.74) is 4.39. The van der Waals surface area contributed by atoms with Crippen molar-refractivity contribution in [3.05, 3.63) is 71.8 Å². The lowest BCUT2D eigenvalue weighted by Crippen LogP contribution is -2.18. The summed E-state index contributed by atoms with van der Waals surface area (Å²) in [6.45, 7) is 0.404. The van der Waals surface area contributed by atoms with Crippen LogP contribution in [-0.4, -0.2) is 36.3 Å². The molecule has 2 aromatic carbocycles. The van der Waals surface area contributed by atoms with Crippen LogP contribution in [0.1, 0.15) is 15.9 Å². The van der Waals surface area contributed by atoms with Crippen molar-refractivity contribution in [3.8, 4) is 11.5 Å². The Labute approximate surface area is 148 Å². The van der Waals surface area contributed by atoms with E-state index in [1.807, 2.05) is 36.4 Å². The number of nitrogens with one attached hydrogen (secondary N) is 1. The molecule has 0 saturated carbocycles. The molecule has 0 atom stereocenters. The lowest BCUT2D eigenvalue weighted by Gasteiger charge is -2.02. The summed E-state index contributed by atoms with van der Waals surface area (Å²) in [6.07, 6.45) is 0. The van der Waals surface area contributed by atoms with Crippen molar-refractivity contribution in [2.45, 2.75) is 6.54 Å². The predicted octanol–water partition coefficient (Wildman–Crippen LogP) is 2.06. The van der Waals surface area contributed by atoms with E-state index in [1.165, 1.54) is 4.80 Å². The Hall–Kier alpha value is -3.65. The fraction of sp³-hybridized carbons (Fsp3) is 0.0556. The molecule has 0 aliphatic heterocycles. The van der Waals surface area contributed by atoms with Gasteiger partial charge >= 0.3 is 0 Å². The number of tetrazole rings is 1. The highest BCUT2D eigenvalue weighted by Crippen LogP contribution is 2.17. The molecule has 26 heavy (non-hydrogen) atoms. The van der Waals surface area contributed by atoms with E-state index in [9.17, 15) is 4.79 Å². The maximum atomic E-state index is 11.3. The Kier molecular flexibility index (Phi) is 4.08. The minimum Gasteiger partial charge on any atom is -0.288 e. The van der Waals surface area contributed by atoms with E-state index in [0.29, 0.717) is 23.6 Å². The Morgan fingerprint density at radius 2 is 1.85 bits per heavy atom. The molecule has 0 saturated heterocycles. The van der Waals surface area contributed by atoms with Crippen molar-refractivity contribution in [2.24, 2.45) is 0 Å². The molecule has 0 unspecified atom stereocenters. The van der Waals surface area contributed by atoms with Crippen LogP contribution in [0.3, 0.4) is 0 Å². The van der Waals surface area contributed by atoms with Crippen LogP contribution in [0.2, 0.25) is 0 Å². The van der Waals surface area contributed by atoms with Gasteiger partial charge in [0.25, 0.3) is 5.91 Å². The second kappa shape index (κ2) is 6.69. The zero-order chi connectivity index (χ0) is 17.9. The van der Waals surface area contributed by atoms with Gasteiger partial charge in [0.05, 0.1) is 12.1 Å². The number of nitrogens with zero attached hydrogens (tertiary/aromatic N) is 5. The topological polar surface area (TPSA) is 106 Å². The van der Waals surface area contributed by atoms with Gasteiger partial charge in [0.1, 0.15) is 5.69 Å². The molecule has 2 aromatic heterocycles. The van der Waals surface area contributed by atoms with Gasteiger partial charge in [-0.25, -0.2) is 10.5 Å². The number of carbonyl (C=O) groups is 1. The van der Waals surface area contributed by atoms with Crippen LogP contribution in [0.25, 0.3) is 22.4 Å². The number of pyridine rings is 1. The molecule has 8 heteroatoms. The summed E-state index contributed by atoms with van der Waals surface area (Å²) < 4.78 is 0. The quantitative estimate of drug-likeness (QED) is 0.433. The minimum absolute atomic E-state index is 0.365. The largest absolute Gasteiger partial charge is 0.288 e. The van der Waals surface area contributed by atoms with Crippen LogP contribution in [0.4, 0.5) is 0 Å². The first kappa shape index (κ1) is 15.9. The third-order valence-electron chi connectivity index (χ3n) is 3.92. The van der Waals surface area contributed by atoms with Crippen molar-refractivity contribution in [3.63, 3.8) is 0 Å². The average molecular weight is 346 g/mol. The average Bonchev–Trinajstić information content (AvgIpc) is 3.16. The van der Waals surface area contributed by atoms with Crippen molar-refractivity contribution in [1.29, 1.82) is 0 Å². The molecular formula is C18H14N6O2. The minimum atomic E-state index is -0.555. The van der Waals surface area contributed by atoms with Crippen molar-refractivity contribution in [2.75, 3.05) is 0 Å². The maximum absolute atomic E-state index is 11.3. The van der Waals surface area contributed by atoms with Crippen molar-refractivity contribution >= 4 is 16.8 Å². The fourth-order valence-electron chi connectivity index (χ4n) is 2.59.